The van der Waals surface area contributed by atoms with E-state index >= 15 is 0 Å². The van der Waals surface area contributed by atoms with E-state index in [0.29, 0.717) is 12.0 Å². The van der Waals surface area contributed by atoms with Crippen LogP contribution in [0.15, 0.2) is 47.8 Å². The fourth-order valence-corrected chi connectivity index (χ4v) is 3.14. The number of aromatic carboxylic acids is 1. The van der Waals surface area contributed by atoms with Gasteiger partial charge in [-0.05, 0) is 30.7 Å². The number of thiazole rings is 1. The van der Waals surface area contributed by atoms with Gasteiger partial charge in [-0.3, -0.25) is 0 Å². The summed E-state index contributed by atoms with van der Waals surface area (Å²) in [7, 11) is 0. The van der Waals surface area contributed by atoms with Crippen LogP contribution >= 0.6 is 11.3 Å². The molecule has 0 fully saturated rings. The number of carbonyl (C=O) groups is 1. The van der Waals surface area contributed by atoms with E-state index in [-0.39, 0.29) is 5.56 Å². The van der Waals surface area contributed by atoms with Gasteiger partial charge in [0.15, 0.2) is 0 Å². The summed E-state index contributed by atoms with van der Waals surface area (Å²) in [6.07, 6.45) is 0.349. The molecule has 5 heteroatoms. The van der Waals surface area contributed by atoms with Crippen molar-refractivity contribution >= 4 is 17.3 Å². The number of hydrogen-bond acceptors (Lipinski definition) is 3. The van der Waals surface area contributed by atoms with Crippen LogP contribution in [-0.2, 0) is 6.42 Å². The predicted octanol–water partition coefficient (Wildman–Crippen LogP) is 4.55. The molecule has 3 nitrogen and oxygen atoms in total. The number of rotatable bonds is 4. The van der Waals surface area contributed by atoms with Gasteiger partial charge in [0.25, 0.3) is 0 Å². The Bertz CT molecular complexity index is 873. The molecule has 0 amide bonds. The van der Waals surface area contributed by atoms with Crippen LogP contribution in [0.3, 0.4) is 0 Å². The fourth-order valence-electron chi connectivity index (χ4n) is 2.32. The standard InChI is InChI=1S/C18H14FNO2S/c1-11-3-2-4-13(7-11)16-10-23-17(20-16)9-12-5-6-14(18(21)22)8-15(12)19/h2-8,10H,9H2,1H3,(H,21,22). The van der Waals surface area contributed by atoms with Crippen molar-refractivity contribution in [1.29, 1.82) is 0 Å². The van der Waals surface area contributed by atoms with Gasteiger partial charge in [-0.2, -0.15) is 0 Å². The number of carboxylic acids is 1. The lowest BCUT2D eigenvalue weighted by atomic mass is 10.1. The number of benzene rings is 2. The maximum atomic E-state index is 14.0. The summed E-state index contributed by atoms with van der Waals surface area (Å²) in [5, 5.41) is 11.6. The molecule has 1 heterocycles. The minimum absolute atomic E-state index is 0.0501. The first-order valence-electron chi connectivity index (χ1n) is 7.06. The number of carboxylic acid groups (broad SMARTS) is 1. The smallest absolute Gasteiger partial charge is 0.335 e. The second kappa shape index (κ2) is 6.30. The summed E-state index contributed by atoms with van der Waals surface area (Å²) in [4.78, 5) is 15.4. The van der Waals surface area contributed by atoms with Gasteiger partial charge >= 0.3 is 5.97 Å². The summed E-state index contributed by atoms with van der Waals surface area (Å²) >= 11 is 1.47. The van der Waals surface area contributed by atoms with Crippen molar-refractivity contribution < 1.29 is 14.3 Å². The van der Waals surface area contributed by atoms with Gasteiger partial charge in [0.05, 0.1) is 16.3 Å². The van der Waals surface area contributed by atoms with E-state index < -0.39 is 11.8 Å². The lowest BCUT2D eigenvalue weighted by Crippen LogP contribution is -2.00. The zero-order valence-electron chi connectivity index (χ0n) is 12.4. The van der Waals surface area contributed by atoms with Crippen LogP contribution in [0.4, 0.5) is 4.39 Å². The summed E-state index contributed by atoms with van der Waals surface area (Å²) in [6.45, 7) is 2.02. The van der Waals surface area contributed by atoms with Crippen LogP contribution < -0.4 is 0 Å². The zero-order chi connectivity index (χ0) is 16.4. The van der Waals surface area contributed by atoms with E-state index in [2.05, 4.69) is 11.1 Å². The van der Waals surface area contributed by atoms with Crippen molar-refractivity contribution in [2.45, 2.75) is 13.3 Å². The molecule has 0 spiro atoms. The molecule has 0 saturated heterocycles. The molecule has 0 aliphatic rings. The Morgan fingerprint density at radius 2 is 2.09 bits per heavy atom. The Hall–Kier alpha value is -2.53. The summed E-state index contributed by atoms with van der Waals surface area (Å²) in [5.41, 5.74) is 3.46. The number of aromatic nitrogens is 1. The summed E-state index contributed by atoms with van der Waals surface area (Å²) in [6, 6.07) is 12.0. The van der Waals surface area contributed by atoms with Crippen LogP contribution in [0.2, 0.25) is 0 Å². The number of aryl methyl sites for hydroxylation is 1. The zero-order valence-corrected chi connectivity index (χ0v) is 13.2. The van der Waals surface area contributed by atoms with Crippen molar-refractivity contribution in [2.24, 2.45) is 0 Å². The maximum Gasteiger partial charge on any atom is 0.335 e. The molecule has 1 N–H and O–H groups in total. The highest BCUT2D eigenvalue weighted by molar-refractivity contribution is 7.10. The van der Waals surface area contributed by atoms with Crippen LogP contribution in [-0.4, -0.2) is 16.1 Å². The van der Waals surface area contributed by atoms with E-state index in [1.54, 1.807) is 0 Å². The third-order valence-electron chi connectivity index (χ3n) is 3.51. The van der Waals surface area contributed by atoms with Crippen LogP contribution in [0.5, 0.6) is 0 Å². The van der Waals surface area contributed by atoms with Crippen molar-refractivity contribution in [3.05, 3.63) is 75.4 Å². The molecule has 116 valence electrons. The summed E-state index contributed by atoms with van der Waals surface area (Å²) in [5.74, 6) is -1.65. The molecule has 2 aromatic carbocycles. The molecular weight excluding hydrogens is 313 g/mol. The molecular formula is C18H14FNO2S. The average Bonchev–Trinajstić information content (AvgIpc) is 2.98. The third-order valence-corrected chi connectivity index (χ3v) is 4.36. The van der Waals surface area contributed by atoms with Crippen LogP contribution in [0.1, 0.15) is 26.5 Å². The first kappa shape index (κ1) is 15.4. The van der Waals surface area contributed by atoms with E-state index in [0.717, 1.165) is 27.9 Å². The molecule has 0 atom stereocenters. The fraction of sp³-hybridized carbons (Fsp3) is 0.111. The lowest BCUT2D eigenvalue weighted by molar-refractivity contribution is 0.0696. The van der Waals surface area contributed by atoms with Gasteiger partial charge in [0.1, 0.15) is 5.82 Å². The molecule has 0 radical (unpaired) electrons. The highest BCUT2D eigenvalue weighted by Crippen LogP contribution is 2.25. The van der Waals surface area contributed by atoms with Gasteiger partial charge in [0, 0.05) is 17.4 Å². The molecule has 1 aromatic heterocycles. The summed E-state index contributed by atoms with van der Waals surface area (Å²) < 4.78 is 14.0. The second-order valence-electron chi connectivity index (χ2n) is 5.28. The molecule has 0 aliphatic heterocycles. The van der Waals surface area contributed by atoms with Gasteiger partial charge < -0.3 is 5.11 Å². The molecule has 0 aliphatic carbocycles. The molecule has 3 aromatic rings. The van der Waals surface area contributed by atoms with Gasteiger partial charge in [-0.25, -0.2) is 14.2 Å². The van der Waals surface area contributed by atoms with Crippen LogP contribution in [0, 0.1) is 12.7 Å². The highest BCUT2D eigenvalue weighted by atomic mass is 32.1. The van der Waals surface area contributed by atoms with Crippen molar-refractivity contribution in [1.82, 2.24) is 4.98 Å². The monoisotopic (exact) mass is 327 g/mol. The van der Waals surface area contributed by atoms with Crippen LogP contribution in [0.25, 0.3) is 11.3 Å². The van der Waals surface area contributed by atoms with E-state index in [1.165, 1.54) is 23.5 Å². The molecule has 23 heavy (non-hydrogen) atoms. The van der Waals surface area contributed by atoms with Gasteiger partial charge in [-0.1, -0.05) is 29.8 Å². The quantitative estimate of drug-likeness (QED) is 0.765. The Morgan fingerprint density at radius 3 is 2.78 bits per heavy atom. The molecule has 0 saturated carbocycles. The van der Waals surface area contributed by atoms with Crippen molar-refractivity contribution in [3.8, 4) is 11.3 Å². The maximum absolute atomic E-state index is 14.0. The second-order valence-corrected chi connectivity index (χ2v) is 6.23. The topological polar surface area (TPSA) is 50.2 Å². The average molecular weight is 327 g/mol. The van der Waals surface area contributed by atoms with E-state index in [9.17, 15) is 9.18 Å². The minimum Gasteiger partial charge on any atom is -0.478 e. The van der Waals surface area contributed by atoms with E-state index in [1.807, 2.05) is 30.5 Å². The SMILES string of the molecule is Cc1cccc(-c2csc(Cc3ccc(C(=O)O)cc3F)n2)c1. The predicted molar refractivity (Wildman–Crippen MR) is 88.5 cm³/mol. The Morgan fingerprint density at radius 1 is 1.26 bits per heavy atom. The van der Waals surface area contributed by atoms with Crippen molar-refractivity contribution in [3.63, 3.8) is 0 Å². The van der Waals surface area contributed by atoms with Crippen molar-refractivity contribution in [2.75, 3.05) is 0 Å². The number of hydrogen-bond donors (Lipinski definition) is 1. The Labute approximate surface area is 137 Å². The van der Waals surface area contributed by atoms with Gasteiger partial charge in [-0.15, -0.1) is 11.3 Å². The number of halogens is 1. The minimum atomic E-state index is -1.13. The first-order valence-corrected chi connectivity index (χ1v) is 7.94. The lowest BCUT2D eigenvalue weighted by Gasteiger charge is -2.02. The Balaban J connectivity index is 1.83. The van der Waals surface area contributed by atoms with E-state index in [4.69, 9.17) is 5.11 Å². The largest absolute Gasteiger partial charge is 0.478 e. The van der Waals surface area contributed by atoms with Gasteiger partial charge in [0.2, 0.25) is 0 Å². The molecule has 0 unspecified atom stereocenters. The number of nitrogens with zero attached hydrogens (tertiary/aromatic N) is 1. The first-order chi connectivity index (χ1) is 11.0. The third kappa shape index (κ3) is 3.46. The normalized spacial score (nSPS) is 10.7. The molecule has 3 rings (SSSR count). The Kier molecular flexibility index (Phi) is 4.21. The highest BCUT2D eigenvalue weighted by Gasteiger charge is 2.11. The molecule has 0 bridgehead atoms.